The largest absolute Gasteiger partial charge is 0.455 e. The van der Waals surface area contributed by atoms with Gasteiger partial charge in [0.25, 0.3) is 0 Å². The normalized spacial score (nSPS) is 29.2. The van der Waals surface area contributed by atoms with Gasteiger partial charge < -0.3 is 14.3 Å². The quantitative estimate of drug-likeness (QED) is 0.657. The molecule has 4 aliphatic rings. The van der Waals surface area contributed by atoms with Crippen molar-refractivity contribution < 1.29 is 19.1 Å². The van der Waals surface area contributed by atoms with Crippen LogP contribution in [0.1, 0.15) is 30.9 Å². The minimum absolute atomic E-state index is 0.0432. The molecule has 2 aromatic rings. The van der Waals surface area contributed by atoms with Gasteiger partial charge in [-0.05, 0) is 29.2 Å². The van der Waals surface area contributed by atoms with Crippen LogP contribution >= 0.6 is 0 Å². The summed E-state index contributed by atoms with van der Waals surface area (Å²) >= 11 is 0. The maximum Gasteiger partial charge on any atom is 0.321 e. The van der Waals surface area contributed by atoms with Gasteiger partial charge in [-0.25, -0.2) is 0 Å². The van der Waals surface area contributed by atoms with E-state index in [9.17, 15) is 9.90 Å². The molecule has 2 aromatic carbocycles. The number of fused-ring (bicyclic) bond motifs is 6. The molecule has 146 valence electrons. The topological polar surface area (TPSA) is 46.5 Å². The van der Waals surface area contributed by atoms with Crippen molar-refractivity contribution in [3.05, 3.63) is 59.7 Å². The zero-order valence-corrected chi connectivity index (χ0v) is 16.4. The number of quaternary nitrogens is 1. The maximum absolute atomic E-state index is 13.6. The Morgan fingerprint density at radius 1 is 1.07 bits per heavy atom. The van der Waals surface area contributed by atoms with Crippen LogP contribution in [0.15, 0.2) is 48.5 Å². The Kier molecular flexibility index (Phi) is 4.11. The Hall–Kier alpha value is -2.17. The molecule has 0 spiro atoms. The molecular formula is C24H28NO3+. The molecule has 0 radical (unpaired) electrons. The van der Waals surface area contributed by atoms with Crippen molar-refractivity contribution in [3.63, 3.8) is 0 Å². The number of nitrogens with zero attached hydrogens (tertiary/aromatic N) is 1. The molecule has 0 amide bonds. The number of esters is 1. The number of aliphatic hydroxyl groups is 1. The molecule has 4 nitrogen and oxygen atoms in total. The molecule has 3 fully saturated rings. The van der Waals surface area contributed by atoms with Crippen LogP contribution in [0, 0.1) is 5.92 Å². The summed E-state index contributed by atoms with van der Waals surface area (Å²) < 4.78 is 7.16. The number of rotatable bonds is 4. The van der Waals surface area contributed by atoms with E-state index >= 15 is 0 Å². The smallest absolute Gasteiger partial charge is 0.321 e. The Labute approximate surface area is 166 Å². The predicted octanol–water partition coefficient (Wildman–Crippen LogP) is 3.12. The summed E-state index contributed by atoms with van der Waals surface area (Å²) in [4.78, 5) is 13.6. The molecule has 3 saturated heterocycles. The highest BCUT2D eigenvalue weighted by atomic mass is 16.5. The standard InChI is InChI=1S/C24H28NO3/c1-24(20-8-4-2-6-18(20)19-7-3-5-9-21(19)24)23(27)28-22-16-25(14-15-26)12-10-17(22)11-13-25/h2-9,17,22,26H,10-16H2,1H3/q+1/t17?,22-,25?/m0/s1. The van der Waals surface area contributed by atoms with Gasteiger partial charge in [-0.2, -0.15) is 0 Å². The summed E-state index contributed by atoms with van der Waals surface area (Å²) in [5, 5.41) is 9.51. The van der Waals surface area contributed by atoms with Gasteiger partial charge in [-0.3, -0.25) is 4.79 Å². The van der Waals surface area contributed by atoms with Crippen molar-refractivity contribution in [2.75, 3.05) is 32.8 Å². The van der Waals surface area contributed by atoms with E-state index in [1.807, 2.05) is 31.2 Å². The Balaban J connectivity index is 1.47. The first-order chi connectivity index (χ1) is 13.6. The monoisotopic (exact) mass is 378 g/mol. The maximum atomic E-state index is 13.6. The van der Waals surface area contributed by atoms with Crippen molar-refractivity contribution in [3.8, 4) is 11.1 Å². The van der Waals surface area contributed by atoms with Crippen molar-refractivity contribution in [2.24, 2.45) is 5.92 Å². The summed E-state index contributed by atoms with van der Waals surface area (Å²) in [5.41, 5.74) is 3.59. The molecule has 0 unspecified atom stereocenters. The second-order valence-corrected chi connectivity index (χ2v) is 8.92. The van der Waals surface area contributed by atoms with Gasteiger partial charge in [-0.1, -0.05) is 48.5 Å². The number of hydrogen-bond donors (Lipinski definition) is 1. The first-order valence-electron chi connectivity index (χ1n) is 10.4. The van der Waals surface area contributed by atoms with Crippen LogP contribution in [0.4, 0.5) is 0 Å². The van der Waals surface area contributed by atoms with Gasteiger partial charge in [0.05, 0.1) is 19.7 Å². The van der Waals surface area contributed by atoms with Gasteiger partial charge in [0.2, 0.25) is 0 Å². The summed E-state index contributed by atoms with van der Waals surface area (Å²) in [5.74, 6) is 0.323. The van der Waals surface area contributed by atoms with Crippen molar-refractivity contribution in [1.29, 1.82) is 0 Å². The third-order valence-corrected chi connectivity index (χ3v) is 7.50. The first-order valence-corrected chi connectivity index (χ1v) is 10.4. The second kappa shape index (κ2) is 6.43. The number of benzene rings is 2. The highest BCUT2D eigenvalue weighted by molar-refractivity contribution is 5.97. The third kappa shape index (κ3) is 2.48. The average Bonchev–Trinajstić information content (AvgIpc) is 2.99. The SMILES string of the molecule is CC1(C(=O)O[C@H]2C[N+]3(CCO)CCC2CC3)c2ccccc2-c2ccccc21. The predicted molar refractivity (Wildman–Crippen MR) is 108 cm³/mol. The van der Waals surface area contributed by atoms with E-state index < -0.39 is 5.41 Å². The van der Waals surface area contributed by atoms with Gasteiger partial charge in [-0.15, -0.1) is 0 Å². The molecule has 2 bridgehead atoms. The third-order valence-electron chi connectivity index (χ3n) is 7.50. The zero-order valence-electron chi connectivity index (χ0n) is 16.4. The van der Waals surface area contributed by atoms with Crippen LogP contribution < -0.4 is 0 Å². The fourth-order valence-electron chi connectivity index (χ4n) is 5.81. The molecule has 28 heavy (non-hydrogen) atoms. The second-order valence-electron chi connectivity index (χ2n) is 8.92. The molecule has 4 heteroatoms. The lowest BCUT2D eigenvalue weighted by Crippen LogP contribution is -2.65. The van der Waals surface area contributed by atoms with E-state index in [1.165, 1.54) is 0 Å². The molecule has 3 aliphatic heterocycles. The molecule has 1 aliphatic carbocycles. The van der Waals surface area contributed by atoms with Crippen molar-refractivity contribution >= 4 is 5.97 Å². The van der Waals surface area contributed by atoms with Gasteiger partial charge in [0, 0.05) is 18.8 Å². The van der Waals surface area contributed by atoms with Crippen LogP contribution in [-0.2, 0) is 14.9 Å². The van der Waals surface area contributed by atoms with Crippen LogP contribution in [-0.4, -0.2) is 54.4 Å². The number of carbonyl (C=O) groups is 1. The molecule has 0 aromatic heterocycles. The van der Waals surface area contributed by atoms with Gasteiger partial charge in [0.15, 0.2) is 6.10 Å². The van der Waals surface area contributed by atoms with E-state index in [1.54, 1.807) is 0 Å². The number of ether oxygens (including phenoxy) is 1. The van der Waals surface area contributed by atoms with Gasteiger partial charge >= 0.3 is 5.97 Å². The van der Waals surface area contributed by atoms with E-state index in [0.29, 0.717) is 5.92 Å². The number of carbonyl (C=O) groups excluding carboxylic acids is 1. The molecule has 1 N–H and O–H groups in total. The van der Waals surface area contributed by atoms with E-state index in [2.05, 4.69) is 24.3 Å². The van der Waals surface area contributed by atoms with Crippen LogP contribution in [0.5, 0.6) is 0 Å². The Morgan fingerprint density at radius 3 is 2.21 bits per heavy atom. The number of aliphatic hydroxyl groups excluding tert-OH is 1. The number of piperidine rings is 3. The summed E-state index contributed by atoms with van der Waals surface area (Å²) in [7, 11) is 0. The summed E-state index contributed by atoms with van der Waals surface area (Å²) in [6.07, 6.45) is 2.13. The molecule has 3 heterocycles. The zero-order chi connectivity index (χ0) is 19.4. The highest BCUT2D eigenvalue weighted by Crippen LogP contribution is 2.49. The van der Waals surface area contributed by atoms with E-state index in [-0.39, 0.29) is 18.7 Å². The van der Waals surface area contributed by atoms with Crippen LogP contribution in [0.3, 0.4) is 0 Å². The van der Waals surface area contributed by atoms with Crippen LogP contribution in [0.25, 0.3) is 11.1 Å². The highest BCUT2D eigenvalue weighted by Gasteiger charge is 2.51. The Morgan fingerprint density at radius 2 is 1.64 bits per heavy atom. The average molecular weight is 378 g/mol. The van der Waals surface area contributed by atoms with E-state index in [4.69, 9.17) is 4.74 Å². The summed E-state index contributed by atoms with van der Waals surface area (Å²) in [6.45, 7) is 6.02. The molecule has 6 rings (SSSR count). The van der Waals surface area contributed by atoms with Gasteiger partial charge in [0.1, 0.15) is 18.5 Å². The summed E-state index contributed by atoms with van der Waals surface area (Å²) in [6, 6.07) is 16.4. The minimum atomic E-state index is -0.763. The Bertz CT molecular complexity index is 863. The van der Waals surface area contributed by atoms with Crippen molar-refractivity contribution in [2.45, 2.75) is 31.3 Å². The fourth-order valence-corrected chi connectivity index (χ4v) is 5.81. The first kappa shape index (κ1) is 17.9. The van der Waals surface area contributed by atoms with Crippen molar-refractivity contribution in [1.82, 2.24) is 0 Å². The fraction of sp³-hybridized carbons (Fsp3) is 0.458. The van der Waals surface area contributed by atoms with Crippen LogP contribution in [0.2, 0.25) is 0 Å². The molecule has 1 atom stereocenters. The lowest BCUT2D eigenvalue weighted by Gasteiger charge is -2.52. The minimum Gasteiger partial charge on any atom is -0.455 e. The number of hydrogen-bond acceptors (Lipinski definition) is 3. The molecule has 0 saturated carbocycles. The lowest BCUT2D eigenvalue weighted by molar-refractivity contribution is -0.946. The van der Waals surface area contributed by atoms with E-state index in [0.717, 1.165) is 65.8 Å². The molecular weight excluding hydrogens is 350 g/mol. The lowest BCUT2D eigenvalue weighted by atomic mass is 9.79.